The van der Waals surface area contributed by atoms with Gasteiger partial charge in [-0.2, -0.15) is 0 Å². The van der Waals surface area contributed by atoms with Crippen molar-refractivity contribution in [1.82, 2.24) is 5.32 Å². The molecule has 0 bridgehead atoms. The van der Waals surface area contributed by atoms with E-state index in [4.69, 9.17) is 16.7 Å². The molecule has 1 saturated heterocycles. The lowest BCUT2D eigenvalue weighted by atomic mass is 9.76. The zero-order valence-electron chi connectivity index (χ0n) is 8.16. The highest BCUT2D eigenvalue weighted by molar-refractivity contribution is 6.30. The van der Waals surface area contributed by atoms with Crippen molar-refractivity contribution < 1.29 is 9.90 Å². The third-order valence-corrected chi connectivity index (χ3v) is 3.09. The van der Waals surface area contributed by atoms with E-state index < -0.39 is 11.4 Å². The predicted molar refractivity (Wildman–Crippen MR) is 58.1 cm³/mol. The fourth-order valence-electron chi connectivity index (χ4n) is 1.77. The summed E-state index contributed by atoms with van der Waals surface area (Å²) in [7, 11) is 0. The van der Waals surface area contributed by atoms with Gasteiger partial charge in [-0.05, 0) is 24.1 Å². The van der Waals surface area contributed by atoms with Crippen LogP contribution in [0.15, 0.2) is 24.3 Å². The Morgan fingerprint density at radius 1 is 1.40 bits per heavy atom. The summed E-state index contributed by atoms with van der Waals surface area (Å²) in [6, 6.07) is 7.34. The van der Waals surface area contributed by atoms with Gasteiger partial charge in [0.05, 0.1) is 5.41 Å². The summed E-state index contributed by atoms with van der Waals surface area (Å²) in [4.78, 5) is 11.1. The van der Waals surface area contributed by atoms with Gasteiger partial charge in [-0.15, -0.1) is 0 Å². The van der Waals surface area contributed by atoms with E-state index in [0.717, 1.165) is 5.56 Å². The van der Waals surface area contributed by atoms with E-state index in [2.05, 4.69) is 5.32 Å². The summed E-state index contributed by atoms with van der Waals surface area (Å²) in [5.41, 5.74) is 0.400. The van der Waals surface area contributed by atoms with E-state index in [9.17, 15) is 4.79 Å². The van der Waals surface area contributed by atoms with Crippen LogP contribution in [0.25, 0.3) is 0 Å². The van der Waals surface area contributed by atoms with E-state index >= 15 is 0 Å². The van der Waals surface area contributed by atoms with Crippen molar-refractivity contribution in [2.24, 2.45) is 5.41 Å². The van der Waals surface area contributed by atoms with Crippen LogP contribution in [0.1, 0.15) is 5.56 Å². The average molecular weight is 226 g/mol. The van der Waals surface area contributed by atoms with Gasteiger partial charge in [-0.1, -0.05) is 23.7 Å². The van der Waals surface area contributed by atoms with Crippen molar-refractivity contribution in [3.8, 4) is 0 Å². The van der Waals surface area contributed by atoms with Crippen molar-refractivity contribution in [1.29, 1.82) is 0 Å². The molecule has 2 N–H and O–H groups in total. The van der Waals surface area contributed by atoms with Gasteiger partial charge in [-0.25, -0.2) is 0 Å². The first kappa shape index (κ1) is 10.5. The molecule has 0 aliphatic carbocycles. The molecule has 1 aliphatic heterocycles. The molecule has 1 aliphatic rings. The van der Waals surface area contributed by atoms with Crippen LogP contribution in [-0.4, -0.2) is 24.2 Å². The van der Waals surface area contributed by atoms with Gasteiger partial charge in [0.15, 0.2) is 0 Å². The van der Waals surface area contributed by atoms with E-state index in [1.54, 1.807) is 12.1 Å². The third kappa shape index (κ3) is 1.98. The standard InChI is InChI=1S/C11H12ClNO2/c12-9-3-1-8(2-4-9)5-11(10(14)15)6-13-7-11/h1-4,13H,5-7H2,(H,14,15). The molecule has 0 unspecified atom stereocenters. The Morgan fingerprint density at radius 2 is 2.00 bits per heavy atom. The fraction of sp³-hybridized carbons (Fsp3) is 0.364. The molecule has 15 heavy (non-hydrogen) atoms. The molecule has 1 fully saturated rings. The Balaban J connectivity index is 2.13. The maximum Gasteiger partial charge on any atom is 0.312 e. The minimum Gasteiger partial charge on any atom is -0.481 e. The summed E-state index contributed by atoms with van der Waals surface area (Å²) in [6.07, 6.45) is 0.562. The number of benzene rings is 1. The highest BCUT2D eigenvalue weighted by atomic mass is 35.5. The molecule has 0 saturated carbocycles. The number of hydrogen-bond donors (Lipinski definition) is 2. The number of carboxylic acid groups (broad SMARTS) is 1. The van der Waals surface area contributed by atoms with Gasteiger partial charge < -0.3 is 10.4 Å². The van der Waals surface area contributed by atoms with Crippen LogP contribution in [0.5, 0.6) is 0 Å². The van der Waals surface area contributed by atoms with E-state index in [-0.39, 0.29) is 0 Å². The van der Waals surface area contributed by atoms with Crippen LogP contribution in [0.4, 0.5) is 0 Å². The summed E-state index contributed by atoms with van der Waals surface area (Å²) in [5.74, 6) is -0.726. The Morgan fingerprint density at radius 3 is 2.40 bits per heavy atom. The largest absolute Gasteiger partial charge is 0.481 e. The number of halogens is 1. The highest BCUT2D eigenvalue weighted by Crippen LogP contribution is 2.28. The summed E-state index contributed by atoms with van der Waals surface area (Å²) >= 11 is 5.76. The highest BCUT2D eigenvalue weighted by Gasteiger charge is 2.44. The number of nitrogens with one attached hydrogen (secondary N) is 1. The molecule has 4 heteroatoms. The molecule has 1 aromatic rings. The molecule has 0 spiro atoms. The first-order valence-corrected chi connectivity index (χ1v) is 5.19. The normalized spacial score (nSPS) is 18.2. The first-order valence-electron chi connectivity index (χ1n) is 4.81. The molecule has 3 nitrogen and oxygen atoms in total. The molecule has 0 amide bonds. The molecular weight excluding hydrogens is 214 g/mol. The summed E-state index contributed by atoms with van der Waals surface area (Å²) < 4.78 is 0. The third-order valence-electron chi connectivity index (χ3n) is 2.84. The number of carbonyl (C=O) groups is 1. The second kappa shape index (κ2) is 3.83. The monoisotopic (exact) mass is 225 g/mol. The smallest absolute Gasteiger partial charge is 0.312 e. The predicted octanol–water partition coefficient (Wildman–Crippen LogP) is 1.56. The van der Waals surface area contributed by atoms with Crippen LogP contribution in [-0.2, 0) is 11.2 Å². The Bertz CT molecular complexity index is 371. The van der Waals surface area contributed by atoms with Crippen LogP contribution in [0.3, 0.4) is 0 Å². The summed E-state index contributed by atoms with van der Waals surface area (Å²) in [6.45, 7) is 1.09. The molecule has 2 rings (SSSR count). The van der Waals surface area contributed by atoms with Gasteiger partial charge >= 0.3 is 5.97 Å². The average Bonchev–Trinajstić information content (AvgIpc) is 2.13. The van der Waals surface area contributed by atoms with Crippen molar-refractivity contribution in [3.63, 3.8) is 0 Å². The minimum atomic E-state index is -0.726. The quantitative estimate of drug-likeness (QED) is 0.821. The molecule has 1 aromatic carbocycles. The number of carboxylic acids is 1. The molecular formula is C11H12ClNO2. The van der Waals surface area contributed by atoms with Crippen LogP contribution >= 0.6 is 11.6 Å². The molecule has 1 heterocycles. The Labute approximate surface area is 93.1 Å². The van der Waals surface area contributed by atoms with Gasteiger partial charge in [0.1, 0.15) is 0 Å². The number of rotatable bonds is 3. The topological polar surface area (TPSA) is 49.3 Å². The zero-order valence-corrected chi connectivity index (χ0v) is 8.92. The number of aliphatic carboxylic acids is 1. The van der Waals surface area contributed by atoms with Gasteiger partial charge in [0.2, 0.25) is 0 Å². The minimum absolute atomic E-state index is 0.547. The molecule has 80 valence electrons. The van der Waals surface area contributed by atoms with Crippen LogP contribution in [0.2, 0.25) is 5.02 Å². The van der Waals surface area contributed by atoms with Crippen LogP contribution < -0.4 is 5.32 Å². The second-order valence-corrected chi connectivity index (χ2v) is 4.43. The lowest BCUT2D eigenvalue weighted by molar-refractivity contribution is -0.152. The van der Waals surface area contributed by atoms with E-state index in [0.29, 0.717) is 24.5 Å². The van der Waals surface area contributed by atoms with Gasteiger partial charge in [-0.3, -0.25) is 4.79 Å². The Kier molecular flexibility index (Phi) is 2.67. The summed E-state index contributed by atoms with van der Waals surface area (Å²) in [5, 5.41) is 12.8. The Hall–Kier alpha value is -1.06. The SMILES string of the molecule is O=C(O)C1(Cc2ccc(Cl)cc2)CNC1. The van der Waals surface area contributed by atoms with Gasteiger partial charge in [0, 0.05) is 18.1 Å². The fourth-order valence-corrected chi connectivity index (χ4v) is 1.90. The molecule has 0 radical (unpaired) electrons. The lowest BCUT2D eigenvalue weighted by Crippen LogP contribution is -2.59. The van der Waals surface area contributed by atoms with Crippen molar-refractivity contribution in [2.45, 2.75) is 6.42 Å². The zero-order chi connectivity index (χ0) is 10.9. The molecule has 0 atom stereocenters. The van der Waals surface area contributed by atoms with E-state index in [1.807, 2.05) is 12.1 Å². The maximum absolute atomic E-state index is 11.1. The van der Waals surface area contributed by atoms with Crippen LogP contribution in [0, 0.1) is 5.41 Å². The second-order valence-electron chi connectivity index (χ2n) is 3.99. The number of hydrogen-bond acceptors (Lipinski definition) is 2. The van der Waals surface area contributed by atoms with Gasteiger partial charge in [0.25, 0.3) is 0 Å². The van der Waals surface area contributed by atoms with Crippen molar-refractivity contribution in [2.75, 3.05) is 13.1 Å². The first-order chi connectivity index (χ1) is 7.12. The lowest BCUT2D eigenvalue weighted by Gasteiger charge is -2.38. The van der Waals surface area contributed by atoms with Crippen molar-refractivity contribution >= 4 is 17.6 Å². The maximum atomic E-state index is 11.1. The molecule has 0 aromatic heterocycles. The van der Waals surface area contributed by atoms with Crippen molar-refractivity contribution in [3.05, 3.63) is 34.9 Å². The van der Waals surface area contributed by atoms with E-state index in [1.165, 1.54) is 0 Å².